The average Bonchev–Trinajstić information content (AvgIpc) is 3.08. The van der Waals surface area contributed by atoms with Crippen molar-refractivity contribution in [1.29, 1.82) is 0 Å². The van der Waals surface area contributed by atoms with E-state index >= 15 is 0 Å². The molecule has 2 N–H and O–H groups in total. The fourth-order valence-corrected chi connectivity index (χ4v) is 3.87. The molecule has 1 atom stereocenters. The standard InChI is InChI=1S/C21H24ClN5O2/c1-13(23-14(2)28)11-19-24-18-12-17(22)20(26-21(18)25-19)15-3-5-16(6-4-15)27-7-9-29-10-8-27/h3-6,12-13H,7-11H2,1-2H3,(H,23,28)(H,24,25,26). The Morgan fingerprint density at radius 2 is 2.00 bits per heavy atom. The minimum atomic E-state index is -0.0578. The van der Waals surface area contributed by atoms with Gasteiger partial charge in [0.2, 0.25) is 5.91 Å². The summed E-state index contributed by atoms with van der Waals surface area (Å²) in [5, 5.41) is 3.43. The number of nitrogens with zero attached hydrogens (tertiary/aromatic N) is 3. The van der Waals surface area contributed by atoms with Gasteiger partial charge in [-0.1, -0.05) is 23.7 Å². The van der Waals surface area contributed by atoms with E-state index in [9.17, 15) is 4.79 Å². The van der Waals surface area contributed by atoms with Gasteiger partial charge in [-0.15, -0.1) is 0 Å². The zero-order valence-corrected chi connectivity index (χ0v) is 17.3. The van der Waals surface area contributed by atoms with Gasteiger partial charge in [0.1, 0.15) is 5.82 Å². The van der Waals surface area contributed by atoms with Crippen molar-refractivity contribution in [3.05, 3.63) is 41.2 Å². The van der Waals surface area contributed by atoms with Crippen molar-refractivity contribution in [1.82, 2.24) is 20.3 Å². The van der Waals surface area contributed by atoms with Gasteiger partial charge in [-0.25, -0.2) is 9.97 Å². The van der Waals surface area contributed by atoms with Crippen molar-refractivity contribution in [3.63, 3.8) is 0 Å². The summed E-state index contributed by atoms with van der Waals surface area (Å²) in [6, 6.07) is 10.1. The lowest BCUT2D eigenvalue weighted by molar-refractivity contribution is -0.119. The number of pyridine rings is 1. The monoisotopic (exact) mass is 413 g/mol. The number of aromatic nitrogens is 3. The fraction of sp³-hybridized carbons (Fsp3) is 0.381. The number of carbonyl (C=O) groups excluding carboxylic acids is 1. The Bertz CT molecular complexity index is 1010. The summed E-state index contributed by atoms with van der Waals surface area (Å²) in [7, 11) is 0. The normalized spacial score (nSPS) is 15.5. The second-order valence-corrected chi connectivity index (χ2v) is 7.73. The molecule has 7 nitrogen and oxygen atoms in total. The van der Waals surface area contributed by atoms with Crippen LogP contribution in [0.25, 0.3) is 22.4 Å². The van der Waals surface area contributed by atoms with Crippen molar-refractivity contribution in [2.45, 2.75) is 26.3 Å². The second kappa shape index (κ2) is 8.39. The first-order chi connectivity index (χ1) is 14.0. The highest BCUT2D eigenvalue weighted by Gasteiger charge is 2.15. The lowest BCUT2D eigenvalue weighted by atomic mass is 10.1. The summed E-state index contributed by atoms with van der Waals surface area (Å²) in [4.78, 5) is 26.0. The van der Waals surface area contributed by atoms with Crippen LogP contribution in [0.2, 0.25) is 5.02 Å². The van der Waals surface area contributed by atoms with E-state index < -0.39 is 0 Å². The number of aromatic amines is 1. The Balaban J connectivity index is 1.57. The number of hydrogen-bond donors (Lipinski definition) is 2. The molecule has 0 radical (unpaired) electrons. The number of hydrogen-bond acceptors (Lipinski definition) is 5. The van der Waals surface area contributed by atoms with Crippen LogP contribution >= 0.6 is 11.6 Å². The molecule has 1 unspecified atom stereocenters. The molecule has 1 saturated heterocycles. The van der Waals surface area contributed by atoms with E-state index in [1.54, 1.807) is 0 Å². The molecule has 0 aliphatic carbocycles. The third-order valence-corrected chi connectivity index (χ3v) is 5.23. The van der Waals surface area contributed by atoms with Crippen LogP contribution in [0.3, 0.4) is 0 Å². The lowest BCUT2D eigenvalue weighted by Gasteiger charge is -2.28. The number of nitrogens with one attached hydrogen (secondary N) is 2. The van der Waals surface area contributed by atoms with Crippen molar-refractivity contribution in [2.24, 2.45) is 0 Å². The molecule has 0 saturated carbocycles. The Hall–Kier alpha value is -2.64. The van der Waals surface area contributed by atoms with Crippen LogP contribution in [0.4, 0.5) is 5.69 Å². The first-order valence-electron chi connectivity index (χ1n) is 9.75. The zero-order valence-electron chi connectivity index (χ0n) is 16.5. The number of carbonyl (C=O) groups is 1. The molecule has 0 bridgehead atoms. The van der Waals surface area contributed by atoms with Crippen LogP contribution in [-0.2, 0) is 16.0 Å². The van der Waals surface area contributed by atoms with E-state index in [2.05, 4.69) is 37.3 Å². The number of morpholine rings is 1. The molecule has 3 aromatic rings. The summed E-state index contributed by atoms with van der Waals surface area (Å²) < 4.78 is 5.42. The van der Waals surface area contributed by atoms with E-state index in [0.29, 0.717) is 22.8 Å². The first kappa shape index (κ1) is 19.7. The number of anilines is 1. The molecule has 2 aromatic heterocycles. The maximum Gasteiger partial charge on any atom is 0.217 e. The van der Waals surface area contributed by atoms with E-state index in [0.717, 1.165) is 43.2 Å². The van der Waals surface area contributed by atoms with Gasteiger partial charge in [0.15, 0.2) is 5.65 Å². The summed E-state index contributed by atoms with van der Waals surface area (Å²) in [5.41, 5.74) is 4.23. The maximum atomic E-state index is 11.2. The average molecular weight is 414 g/mol. The molecule has 1 fully saturated rings. The molecular formula is C21H24ClN5O2. The second-order valence-electron chi connectivity index (χ2n) is 7.33. The van der Waals surface area contributed by atoms with Crippen LogP contribution in [-0.4, -0.2) is 53.2 Å². The number of halogens is 1. The van der Waals surface area contributed by atoms with Gasteiger partial charge in [-0.05, 0) is 25.1 Å². The lowest BCUT2D eigenvalue weighted by Crippen LogP contribution is -2.36. The largest absolute Gasteiger partial charge is 0.378 e. The molecular weight excluding hydrogens is 390 g/mol. The van der Waals surface area contributed by atoms with E-state index in [1.807, 2.05) is 25.1 Å². The molecule has 1 aliphatic rings. The fourth-order valence-electron chi connectivity index (χ4n) is 3.61. The van der Waals surface area contributed by atoms with Gasteiger partial charge in [0.05, 0.1) is 29.4 Å². The predicted octanol–water partition coefficient (Wildman–Crippen LogP) is 3.18. The maximum absolute atomic E-state index is 11.2. The van der Waals surface area contributed by atoms with Crippen LogP contribution in [0.1, 0.15) is 19.7 Å². The highest BCUT2D eigenvalue weighted by Crippen LogP contribution is 2.30. The summed E-state index contributed by atoms with van der Waals surface area (Å²) in [6.07, 6.45) is 0.594. The summed E-state index contributed by atoms with van der Waals surface area (Å²) in [6.45, 7) is 6.76. The number of benzene rings is 1. The van der Waals surface area contributed by atoms with Gasteiger partial charge >= 0.3 is 0 Å². The van der Waals surface area contributed by atoms with Gasteiger partial charge in [0.25, 0.3) is 0 Å². The number of fused-ring (bicyclic) bond motifs is 1. The van der Waals surface area contributed by atoms with Crippen LogP contribution in [0.15, 0.2) is 30.3 Å². The van der Waals surface area contributed by atoms with Gasteiger partial charge in [-0.3, -0.25) is 4.79 Å². The summed E-state index contributed by atoms with van der Waals surface area (Å²) >= 11 is 6.52. The molecule has 3 heterocycles. The molecule has 1 aliphatic heterocycles. The molecule has 8 heteroatoms. The third-order valence-electron chi connectivity index (χ3n) is 4.94. The molecule has 1 aromatic carbocycles. The number of amides is 1. The highest BCUT2D eigenvalue weighted by molar-refractivity contribution is 6.33. The summed E-state index contributed by atoms with van der Waals surface area (Å²) in [5.74, 6) is 0.710. The van der Waals surface area contributed by atoms with Crippen molar-refractivity contribution < 1.29 is 9.53 Å². The van der Waals surface area contributed by atoms with Crippen molar-refractivity contribution >= 4 is 34.4 Å². The SMILES string of the molecule is CC(=O)NC(C)Cc1nc2nc(-c3ccc(N4CCOCC4)cc3)c(Cl)cc2[nH]1. The minimum absolute atomic E-state index is 0.0178. The number of H-pyrrole nitrogens is 1. The topological polar surface area (TPSA) is 83.1 Å². The Morgan fingerprint density at radius 1 is 1.28 bits per heavy atom. The minimum Gasteiger partial charge on any atom is -0.378 e. The molecule has 0 spiro atoms. The Labute approximate surface area is 174 Å². The Morgan fingerprint density at radius 3 is 2.69 bits per heavy atom. The van der Waals surface area contributed by atoms with E-state index in [1.165, 1.54) is 12.6 Å². The van der Waals surface area contributed by atoms with Gasteiger partial charge < -0.3 is 19.9 Å². The molecule has 29 heavy (non-hydrogen) atoms. The van der Waals surface area contributed by atoms with Gasteiger partial charge in [-0.2, -0.15) is 0 Å². The molecule has 1 amide bonds. The molecule has 4 rings (SSSR count). The quantitative estimate of drug-likeness (QED) is 0.671. The van der Waals surface area contributed by atoms with E-state index in [4.69, 9.17) is 16.3 Å². The smallest absolute Gasteiger partial charge is 0.217 e. The van der Waals surface area contributed by atoms with Crippen molar-refractivity contribution in [3.8, 4) is 11.3 Å². The zero-order chi connectivity index (χ0) is 20.4. The molecule has 152 valence electrons. The van der Waals surface area contributed by atoms with Crippen LogP contribution in [0, 0.1) is 0 Å². The number of ether oxygens (including phenoxy) is 1. The number of imidazole rings is 1. The van der Waals surface area contributed by atoms with E-state index in [-0.39, 0.29) is 11.9 Å². The van der Waals surface area contributed by atoms with Gasteiger partial charge in [0, 0.05) is 43.7 Å². The van der Waals surface area contributed by atoms with Crippen LogP contribution in [0.5, 0.6) is 0 Å². The van der Waals surface area contributed by atoms with Crippen LogP contribution < -0.4 is 10.2 Å². The predicted molar refractivity (Wildman–Crippen MR) is 114 cm³/mol. The number of rotatable bonds is 5. The van der Waals surface area contributed by atoms with Crippen molar-refractivity contribution in [2.75, 3.05) is 31.2 Å². The Kier molecular flexibility index (Phi) is 5.69. The highest BCUT2D eigenvalue weighted by atomic mass is 35.5. The third kappa shape index (κ3) is 4.52. The first-order valence-corrected chi connectivity index (χ1v) is 10.1.